The lowest BCUT2D eigenvalue weighted by molar-refractivity contribution is -0.133. The van der Waals surface area contributed by atoms with Crippen molar-refractivity contribution in [2.75, 3.05) is 23.3 Å². The SMILES string of the molecule is Cc1nc2cc(F)cc3c2n1CC[C@@H]1CCCN1C(=O)[C@@H]1C[C@@H](CN1c1ncnc2c1cnn2-c1ccc(F)cc1F)Nc1cccc-3n1. The van der Waals surface area contributed by atoms with E-state index in [-0.39, 0.29) is 29.5 Å². The van der Waals surface area contributed by atoms with E-state index in [4.69, 9.17) is 9.97 Å². The summed E-state index contributed by atoms with van der Waals surface area (Å²) in [5, 5.41) is 8.47. The molecule has 6 aromatic rings. The molecule has 1 amide bonds. The van der Waals surface area contributed by atoms with Gasteiger partial charge in [-0.2, -0.15) is 5.10 Å². The Morgan fingerprint density at radius 1 is 0.939 bits per heavy atom. The van der Waals surface area contributed by atoms with Crippen molar-refractivity contribution in [3.63, 3.8) is 0 Å². The Morgan fingerprint density at radius 3 is 2.71 bits per heavy atom. The van der Waals surface area contributed by atoms with Crippen LogP contribution in [0.15, 0.2) is 61.1 Å². The van der Waals surface area contributed by atoms with Crippen LogP contribution >= 0.6 is 0 Å². The number of carbonyl (C=O) groups excluding carboxylic acids is 1. The third kappa shape index (κ3) is 4.87. The Balaban J connectivity index is 1.15. The molecule has 1 N–H and O–H groups in total. The van der Waals surface area contributed by atoms with Gasteiger partial charge in [-0.25, -0.2) is 37.8 Å². The minimum absolute atomic E-state index is 0.0148. The molecule has 3 aliphatic rings. The number of pyridine rings is 1. The number of benzene rings is 2. The van der Waals surface area contributed by atoms with Gasteiger partial charge in [0.05, 0.1) is 28.3 Å². The van der Waals surface area contributed by atoms with Gasteiger partial charge in [0.1, 0.15) is 47.2 Å². The van der Waals surface area contributed by atoms with Crippen LogP contribution < -0.4 is 10.2 Å². The van der Waals surface area contributed by atoms with E-state index in [1.54, 1.807) is 6.20 Å². The van der Waals surface area contributed by atoms with E-state index in [2.05, 4.69) is 25.0 Å². The molecule has 14 heteroatoms. The summed E-state index contributed by atoms with van der Waals surface area (Å²) in [5.41, 5.74) is 3.07. The van der Waals surface area contributed by atoms with Crippen LogP contribution in [0.2, 0.25) is 0 Å². The van der Waals surface area contributed by atoms with Crippen molar-refractivity contribution in [3.05, 3.63) is 84.3 Å². The second-order valence-corrected chi connectivity index (χ2v) is 13.0. The van der Waals surface area contributed by atoms with E-state index in [1.165, 1.54) is 35.3 Å². The molecule has 0 radical (unpaired) electrons. The number of anilines is 2. The third-order valence-electron chi connectivity index (χ3n) is 10.1. The smallest absolute Gasteiger partial charge is 0.245 e. The van der Waals surface area contributed by atoms with Gasteiger partial charge in [0, 0.05) is 49.4 Å². The van der Waals surface area contributed by atoms with E-state index in [0.717, 1.165) is 30.2 Å². The Morgan fingerprint density at radius 2 is 1.84 bits per heavy atom. The van der Waals surface area contributed by atoms with Crippen LogP contribution in [0.5, 0.6) is 0 Å². The molecular formula is C35H31F3N10O. The molecule has 0 saturated carbocycles. The lowest BCUT2D eigenvalue weighted by atomic mass is 10.1. The van der Waals surface area contributed by atoms with Gasteiger partial charge >= 0.3 is 0 Å². The van der Waals surface area contributed by atoms with Crippen LogP contribution in [0.4, 0.5) is 24.8 Å². The second-order valence-electron chi connectivity index (χ2n) is 13.0. The van der Waals surface area contributed by atoms with Crippen molar-refractivity contribution in [1.82, 2.24) is 39.2 Å². The average molecular weight is 665 g/mol. The number of imidazole rings is 1. The molecule has 0 spiro atoms. The highest BCUT2D eigenvalue weighted by Gasteiger charge is 2.43. The minimum Gasteiger partial charge on any atom is -0.365 e. The highest BCUT2D eigenvalue weighted by molar-refractivity contribution is 5.94. The third-order valence-corrected chi connectivity index (χ3v) is 10.1. The average Bonchev–Trinajstić information content (AvgIpc) is 3.88. The molecule has 49 heavy (non-hydrogen) atoms. The maximum atomic E-state index is 14.9. The number of rotatable bonds is 2. The predicted molar refractivity (Wildman–Crippen MR) is 177 cm³/mol. The quantitative estimate of drug-likeness (QED) is 0.262. The first-order valence-electron chi connectivity index (χ1n) is 16.4. The highest BCUT2D eigenvalue weighted by atomic mass is 19.1. The van der Waals surface area contributed by atoms with Gasteiger partial charge in [-0.3, -0.25) is 4.79 Å². The van der Waals surface area contributed by atoms with Gasteiger partial charge in [0.25, 0.3) is 0 Å². The van der Waals surface area contributed by atoms with Crippen molar-refractivity contribution in [2.45, 2.75) is 57.3 Å². The number of aromatic nitrogens is 7. The van der Waals surface area contributed by atoms with Gasteiger partial charge < -0.3 is 19.7 Å². The fraction of sp³-hybridized carbons (Fsp3) is 0.314. The van der Waals surface area contributed by atoms with Crippen molar-refractivity contribution in [1.29, 1.82) is 0 Å². The summed E-state index contributed by atoms with van der Waals surface area (Å²) in [5.74, 6) is 0.0359. The number of halogens is 3. The van der Waals surface area contributed by atoms with Crippen LogP contribution in [0.1, 0.15) is 31.5 Å². The zero-order valence-electron chi connectivity index (χ0n) is 26.5. The molecule has 2 fully saturated rings. The van der Waals surface area contributed by atoms with E-state index in [9.17, 15) is 18.0 Å². The van der Waals surface area contributed by atoms with Gasteiger partial charge in [0.15, 0.2) is 11.5 Å². The molecule has 3 atom stereocenters. The van der Waals surface area contributed by atoms with Gasteiger partial charge in [0.2, 0.25) is 5.91 Å². The summed E-state index contributed by atoms with van der Waals surface area (Å²) in [4.78, 5) is 37.2. The molecule has 2 saturated heterocycles. The molecule has 11 nitrogen and oxygen atoms in total. The summed E-state index contributed by atoms with van der Waals surface area (Å²) in [6.45, 7) is 3.59. The molecule has 4 bridgehead atoms. The topological polar surface area (TPSA) is 110 Å². The number of nitrogens with one attached hydrogen (secondary N) is 1. The number of hydrogen-bond donors (Lipinski definition) is 1. The van der Waals surface area contributed by atoms with E-state index in [0.29, 0.717) is 71.9 Å². The van der Waals surface area contributed by atoms with Crippen molar-refractivity contribution < 1.29 is 18.0 Å². The Bertz CT molecular complexity index is 2290. The minimum atomic E-state index is -0.774. The highest BCUT2D eigenvalue weighted by Crippen LogP contribution is 2.36. The Hall–Kier alpha value is -5.53. The molecule has 0 aliphatic carbocycles. The summed E-state index contributed by atoms with van der Waals surface area (Å²) >= 11 is 0. The normalized spacial score (nSPS) is 20.8. The number of amides is 1. The summed E-state index contributed by atoms with van der Waals surface area (Å²) in [6, 6.07) is 11.1. The number of aryl methyl sites for hydroxylation is 2. The largest absolute Gasteiger partial charge is 0.365 e. The zero-order valence-corrected chi connectivity index (χ0v) is 26.5. The van der Waals surface area contributed by atoms with Gasteiger partial charge in [-0.15, -0.1) is 0 Å². The summed E-state index contributed by atoms with van der Waals surface area (Å²) in [7, 11) is 0. The van der Waals surface area contributed by atoms with Crippen LogP contribution in [0, 0.1) is 24.4 Å². The van der Waals surface area contributed by atoms with Crippen LogP contribution in [-0.2, 0) is 11.3 Å². The second kappa shape index (κ2) is 11.3. The molecule has 7 heterocycles. The maximum Gasteiger partial charge on any atom is 0.245 e. The Labute approximate surface area is 278 Å². The van der Waals surface area contributed by atoms with Crippen LogP contribution in [0.3, 0.4) is 0 Å². The fourth-order valence-electron chi connectivity index (χ4n) is 7.89. The van der Waals surface area contributed by atoms with Gasteiger partial charge in [-0.05, 0) is 62.9 Å². The number of carbonyl (C=O) groups is 1. The van der Waals surface area contributed by atoms with Crippen molar-refractivity contribution in [2.24, 2.45) is 0 Å². The number of fused-ring (bicyclic) bond motifs is 7. The van der Waals surface area contributed by atoms with Crippen LogP contribution in [0.25, 0.3) is 39.0 Å². The predicted octanol–water partition coefficient (Wildman–Crippen LogP) is 5.41. The molecule has 0 unspecified atom stereocenters. The first-order chi connectivity index (χ1) is 23.8. The lowest BCUT2D eigenvalue weighted by Gasteiger charge is -2.32. The fourth-order valence-corrected chi connectivity index (χ4v) is 7.89. The standard InChI is InChI=1S/C35H31F3N10O/c1-19-42-28-14-21(37)12-24-27-5-2-6-31(44-27)43-22-15-30(35(49)46-10-3-4-23(46)9-11-45(19)32(24)28)47(17-22)33-25-16-41-48(34(25)40-18-39-33)29-8-7-20(36)13-26(29)38/h2,5-8,12-14,16,18,22-23,30H,3-4,9-11,15,17H2,1H3,(H,43,44)/t22-,23-,30-/m0/s1. The zero-order chi connectivity index (χ0) is 33.4. The monoisotopic (exact) mass is 664 g/mol. The lowest BCUT2D eigenvalue weighted by Crippen LogP contribution is -2.48. The number of hydrogen-bond acceptors (Lipinski definition) is 8. The van der Waals surface area contributed by atoms with Crippen LogP contribution in [-0.4, -0.2) is 76.3 Å². The maximum absolute atomic E-state index is 14.9. The van der Waals surface area contributed by atoms with E-state index in [1.807, 2.05) is 34.9 Å². The molecular weight excluding hydrogens is 633 g/mol. The van der Waals surface area contributed by atoms with Crippen molar-refractivity contribution in [3.8, 4) is 16.9 Å². The molecule has 4 aromatic heterocycles. The molecule has 248 valence electrons. The molecule has 3 aliphatic heterocycles. The molecule has 2 aromatic carbocycles. The van der Waals surface area contributed by atoms with Crippen molar-refractivity contribution >= 4 is 39.6 Å². The Kier molecular flexibility index (Phi) is 6.81. The van der Waals surface area contributed by atoms with E-state index < -0.39 is 17.7 Å². The van der Waals surface area contributed by atoms with E-state index >= 15 is 0 Å². The summed E-state index contributed by atoms with van der Waals surface area (Å²) < 4.78 is 46.9. The number of nitrogens with zero attached hydrogens (tertiary/aromatic N) is 9. The first kappa shape index (κ1) is 29.6. The van der Waals surface area contributed by atoms with Gasteiger partial charge in [-0.1, -0.05) is 6.07 Å². The summed E-state index contributed by atoms with van der Waals surface area (Å²) in [6.07, 6.45) is 5.89. The molecule has 9 rings (SSSR count). The first-order valence-corrected chi connectivity index (χ1v) is 16.4.